The Hall–Kier alpha value is -3.63. The highest BCUT2D eigenvalue weighted by Crippen LogP contribution is 2.23. The van der Waals surface area contributed by atoms with E-state index < -0.39 is 84.7 Å². The lowest BCUT2D eigenvalue weighted by molar-refractivity contribution is -0.147. The number of rotatable bonds is 18. The summed E-state index contributed by atoms with van der Waals surface area (Å²) in [5.41, 5.74) is 6.05. The average Bonchev–Trinajstić information content (AvgIpc) is 3.75. The molecule has 0 radical (unpaired) electrons. The van der Waals surface area contributed by atoms with E-state index in [1.807, 2.05) is 22.9 Å². The maximum Gasteiger partial charge on any atom is 0.328 e. The molecule has 0 aromatic heterocycles. The van der Waals surface area contributed by atoms with Crippen LogP contribution in [0.25, 0.3) is 0 Å². The van der Waals surface area contributed by atoms with Crippen molar-refractivity contribution in [2.24, 2.45) is 5.73 Å². The van der Waals surface area contributed by atoms with Gasteiger partial charge >= 0.3 is 5.97 Å². The van der Waals surface area contributed by atoms with E-state index in [0.29, 0.717) is 44.3 Å². The summed E-state index contributed by atoms with van der Waals surface area (Å²) in [4.78, 5) is 81.5. The molecule has 0 spiro atoms. The molecule has 2 aliphatic heterocycles. The Bertz CT molecular complexity index is 1390. The number of carboxylic acids is 1. The molecule has 0 bridgehead atoms. The first-order chi connectivity index (χ1) is 24.2. The Morgan fingerprint density at radius 1 is 0.941 bits per heavy atom. The Morgan fingerprint density at radius 2 is 1.59 bits per heavy atom. The largest absolute Gasteiger partial charge is 0.508 e. The fourth-order valence-corrected chi connectivity index (χ4v) is 6.74. The van der Waals surface area contributed by atoms with Crippen molar-refractivity contribution in [2.45, 2.75) is 100 Å². The molecule has 8 atom stereocenters. The number of likely N-dealkylation sites (tertiary alicyclic amines) is 2. The van der Waals surface area contributed by atoms with Gasteiger partial charge in [0.25, 0.3) is 0 Å². The minimum Gasteiger partial charge on any atom is -0.508 e. The van der Waals surface area contributed by atoms with Gasteiger partial charge in [-0.15, -0.1) is 0 Å². The summed E-state index contributed by atoms with van der Waals surface area (Å²) >= 11 is 1.89. The molecular weight excluding hydrogens is 785 g/mol. The summed E-state index contributed by atoms with van der Waals surface area (Å²) < 4.78 is 2.95. The fourth-order valence-electron chi connectivity index (χ4n) is 6.17. The van der Waals surface area contributed by atoms with Crippen molar-refractivity contribution in [1.82, 2.24) is 29.3 Å². The Balaban J connectivity index is 1.80. The maximum atomic E-state index is 14.0. The first-order valence-electron chi connectivity index (χ1n) is 16.8. The van der Waals surface area contributed by atoms with Crippen LogP contribution in [0, 0.1) is 0 Å². The number of phenols is 1. The number of benzene rings is 1. The van der Waals surface area contributed by atoms with Gasteiger partial charge in [-0.05, 0) is 56.8 Å². The normalized spacial score (nSPS) is 21.6. The summed E-state index contributed by atoms with van der Waals surface area (Å²) in [5.74, 6) is -5.26. The predicted octanol–water partition coefficient (Wildman–Crippen LogP) is -2.76. The van der Waals surface area contributed by atoms with Crippen LogP contribution in [-0.2, 0) is 35.2 Å². The molecule has 19 heteroatoms. The standard InChI is InChI=1S/C32H48IN7O11/c1-17(42)26(32(50)51)37-29(47)25-14-20(44)15-40(25)31(49)22(13-18-7-9-19(43)10-8-18)35-27(45)23(16-41)36-28(46)24-6-4-12-39(24)30(48)21(38-33)5-2-3-11-34/h7-10,17,20-26,38,41-44H,2-6,11-16,34H2,1H3,(H,35,45)(H,36,46)(H,37,47)(H,50,51)/t17-,20-,21+,22+,23+,24+,25+,26+/m1/s1. The zero-order valence-corrected chi connectivity index (χ0v) is 30.4. The van der Waals surface area contributed by atoms with Crippen LogP contribution in [-0.4, -0.2) is 146 Å². The van der Waals surface area contributed by atoms with Crippen LogP contribution in [0.4, 0.5) is 0 Å². The second-order valence-corrected chi connectivity index (χ2v) is 13.4. The topological polar surface area (TPSA) is 284 Å². The third-order valence-corrected chi connectivity index (χ3v) is 9.68. The maximum absolute atomic E-state index is 14.0. The summed E-state index contributed by atoms with van der Waals surface area (Å²) in [5, 5.41) is 56.8. The number of carboxylic acid groups (broad SMARTS) is 1. The molecule has 2 heterocycles. The Morgan fingerprint density at radius 3 is 2.18 bits per heavy atom. The number of aliphatic carboxylic acids is 1. The lowest BCUT2D eigenvalue weighted by Crippen LogP contribution is -2.60. The summed E-state index contributed by atoms with van der Waals surface area (Å²) in [6.07, 6.45) is -0.260. The minimum absolute atomic E-state index is 0.0604. The molecule has 3 rings (SSSR count). The van der Waals surface area contributed by atoms with Gasteiger partial charge in [-0.3, -0.25) is 24.0 Å². The highest BCUT2D eigenvalue weighted by molar-refractivity contribution is 14.1. The van der Waals surface area contributed by atoms with Crippen molar-refractivity contribution in [3.63, 3.8) is 0 Å². The number of hydrogen-bond acceptors (Lipinski definition) is 12. The van der Waals surface area contributed by atoms with Crippen molar-refractivity contribution in [3.05, 3.63) is 29.8 Å². The number of nitrogens with one attached hydrogen (secondary N) is 4. The molecule has 2 aliphatic rings. The van der Waals surface area contributed by atoms with Gasteiger partial charge in [0.15, 0.2) is 6.04 Å². The van der Waals surface area contributed by atoms with Crippen LogP contribution in [0.15, 0.2) is 24.3 Å². The third kappa shape index (κ3) is 11.4. The lowest BCUT2D eigenvalue weighted by Gasteiger charge is -2.31. The molecule has 2 saturated heterocycles. The first-order valence-corrected chi connectivity index (χ1v) is 17.9. The smallest absolute Gasteiger partial charge is 0.328 e. The number of hydrogen-bond donors (Lipinski definition) is 10. The quantitative estimate of drug-likeness (QED) is 0.0408. The number of nitrogens with zero attached hydrogens (tertiary/aromatic N) is 2. The fraction of sp³-hybridized carbons (Fsp3) is 0.625. The van der Waals surface area contributed by atoms with Gasteiger partial charge in [0.1, 0.15) is 29.9 Å². The number of β-amino-alcohol motifs (C(OH)–C–C–N with tert-alkyl or cyclic N) is 1. The van der Waals surface area contributed by atoms with Crippen LogP contribution >= 0.6 is 22.9 Å². The highest BCUT2D eigenvalue weighted by Gasteiger charge is 2.44. The first kappa shape index (κ1) is 41.8. The molecule has 51 heavy (non-hydrogen) atoms. The molecule has 18 nitrogen and oxygen atoms in total. The lowest BCUT2D eigenvalue weighted by atomic mass is 10.0. The molecule has 1 aromatic carbocycles. The molecular formula is C32H48IN7O11. The van der Waals surface area contributed by atoms with Gasteiger partial charge in [0.05, 0.1) is 24.9 Å². The van der Waals surface area contributed by atoms with Gasteiger partial charge in [0.2, 0.25) is 29.5 Å². The molecule has 284 valence electrons. The number of phenolic OH excluding ortho intramolecular Hbond substituents is 1. The second kappa shape index (κ2) is 19.8. The third-order valence-electron chi connectivity index (χ3n) is 8.93. The number of unbranched alkanes of at least 4 members (excludes halogenated alkanes) is 1. The molecule has 0 saturated carbocycles. The zero-order valence-electron chi connectivity index (χ0n) is 28.2. The van der Waals surface area contributed by atoms with Crippen LogP contribution < -0.4 is 25.2 Å². The zero-order chi connectivity index (χ0) is 37.8. The van der Waals surface area contributed by atoms with Crippen molar-refractivity contribution >= 4 is 58.4 Å². The van der Waals surface area contributed by atoms with Crippen molar-refractivity contribution < 1.29 is 54.3 Å². The van der Waals surface area contributed by atoms with Gasteiger partial charge in [0, 0.05) is 48.8 Å². The number of halogens is 1. The van der Waals surface area contributed by atoms with E-state index in [0.717, 1.165) is 18.2 Å². The van der Waals surface area contributed by atoms with E-state index in [9.17, 15) is 54.3 Å². The molecule has 5 amide bonds. The van der Waals surface area contributed by atoms with E-state index >= 15 is 0 Å². The van der Waals surface area contributed by atoms with Gasteiger partial charge < -0.3 is 57.0 Å². The molecule has 0 aliphatic carbocycles. The number of carbonyl (C=O) groups is 6. The molecule has 1 aromatic rings. The average molecular weight is 834 g/mol. The number of carbonyl (C=O) groups excluding carboxylic acids is 5. The number of amides is 5. The van der Waals surface area contributed by atoms with Crippen LogP contribution in [0.5, 0.6) is 5.75 Å². The SMILES string of the molecule is C[C@@H](O)[C@H](NC(=O)[C@@H]1C[C@@H](O)CN1C(=O)[C@H](Cc1ccc(O)cc1)NC(=O)[C@H](CO)NC(=O)[C@@H]1CCCN1C(=O)[C@H](CCCCN)NI)C(=O)O. The number of aromatic hydroxyl groups is 1. The number of aliphatic hydroxyl groups excluding tert-OH is 3. The van der Waals surface area contributed by atoms with E-state index in [4.69, 9.17) is 5.73 Å². The Labute approximate surface area is 309 Å². The Kier molecular flexibility index (Phi) is 16.3. The van der Waals surface area contributed by atoms with Crippen molar-refractivity contribution in [3.8, 4) is 5.75 Å². The number of nitrogens with two attached hydrogens (primary N) is 1. The summed E-state index contributed by atoms with van der Waals surface area (Å²) in [6, 6.07) is -1.76. The van der Waals surface area contributed by atoms with Crippen LogP contribution in [0.1, 0.15) is 51.0 Å². The van der Waals surface area contributed by atoms with Crippen molar-refractivity contribution in [2.75, 3.05) is 26.2 Å². The van der Waals surface area contributed by atoms with Crippen LogP contribution in [0.2, 0.25) is 0 Å². The van der Waals surface area contributed by atoms with Crippen molar-refractivity contribution in [1.29, 1.82) is 0 Å². The van der Waals surface area contributed by atoms with E-state index in [1.165, 1.54) is 29.2 Å². The molecule has 2 fully saturated rings. The van der Waals surface area contributed by atoms with E-state index in [1.54, 1.807) is 0 Å². The monoisotopic (exact) mass is 833 g/mol. The van der Waals surface area contributed by atoms with E-state index in [2.05, 4.69) is 19.5 Å². The minimum atomic E-state index is -1.69. The highest BCUT2D eigenvalue weighted by atomic mass is 127. The molecule has 0 unspecified atom stereocenters. The van der Waals surface area contributed by atoms with Gasteiger partial charge in [-0.2, -0.15) is 0 Å². The predicted molar refractivity (Wildman–Crippen MR) is 189 cm³/mol. The summed E-state index contributed by atoms with van der Waals surface area (Å²) in [6.45, 7) is 0.768. The second-order valence-electron chi connectivity index (χ2n) is 12.8. The van der Waals surface area contributed by atoms with E-state index in [-0.39, 0.29) is 31.0 Å². The summed E-state index contributed by atoms with van der Waals surface area (Å²) in [7, 11) is 0. The molecule has 11 N–H and O–H groups in total. The van der Waals surface area contributed by atoms with Gasteiger partial charge in [-0.1, -0.05) is 18.6 Å². The number of aliphatic hydroxyl groups is 3. The van der Waals surface area contributed by atoms with Gasteiger partial charge in [-0.25, -0.2) is 8.32 Å². The van der Waals surface area contributed by atoms with Crippen LogP contribution in [0.3, 0.4) is 0 Å².